The highest BCUT2D eigenvalue weighted by Gasteiger charge is 2.09. The number of benzene rings is 1. The van der Waals surface area contributed by atoms with Gasteiger partial charge in [-0.25, -0.2) is 5.01 Å². The van der Waals surface area contributed by atoms with Gasteiger partial charge in [0, 0.05) is 41.9 Å². The number of anilines is 1. The molecule has 124 valence electrons. The van der Waals surface area contributed by atoms with E-state index in [1.165, 1.54) is 0 Å². The van der Waals surface area contributed by atoms with Gasteiger partial charge in [-0.3, -0.25) is 15.2 Å². The third-order valence-corrected chi connectivity index (χ3v) is 4.19. The zero-order valence-electron chi connectivity index (χ0n) is 13.1. The molecular formula is C16H20BrClN4O. The van der Waals surface area contributed by atoms with Crippen LogP contribution < -0.4 is 10.7 Å². The molecule has 0 saturated carbocycles. The number of hydrazine groups is 1. The quantitative estimate of drug-likeness (QED) is 0.553. The second-order valence-corrected chi connectivity index (χ2v) is 6.44. The number of alkyl halides is 1. The molecule has 2 N–H and O–H groups in total. The van der Waals surface area contributed by atoms with Crippen LogP contribution in [0.2, 0.25) is 5.02 Å². The highest BCUT2D eigenvalue weighted by molar-refractivity contribution is 9.09. The van der Waals surface area contributed by atoms with Gasteiger partial charge in [-0.1, -0.05) is 27.5 Å². The van der Waals surface area contributed by atoms with Gasteiger partial charge in [0.25, 0.3) is 0 Å². The van der Waals surface area contributed by atoms with Gasteiger partial charge in [0.1, 0.15) is 0 Å². The summed E-state index contributed by atoms with van der Waals surface area (Å²) in [4.78, 5) is 15.6. The fourth-order valence-electron chi connectivity index (χ4n) is 2.27. The molecule has 0 aliphatic carbocycles. The van der Waals surface area contributed by atoms with Gasteiger partial charge >= 0.3 is 0 Å². The number of halogens is 2. The van der Waals surface area contributed by atoms with Crippen LogP contribution in [0.4, 0.5) is 5.69 Å². The van der Waals surface area contributed by atoms with Crippen molar-refractivity contribution in [3.05, 3.63) is 35.5 Å². The molecule has 0 fully saturated rings. The molecule has 1 heterocycles. The van der Waals surface area contributed by atoms with E-state index in [2.05, 4.69) is 38.6 Å². The monoisotopic (exact) mass is 398 g/mol. The van der Waals surface area contributed by atoms with Crippen molar-refractivity contribution in [3.63, 3.8) is 0 Å². The maximum Gasteiger partial charge on any atom is 0.244 e. The highest BCUT2D eigenvalue weighted by Crippen LogP contribution is 2.25. The van der Waals surface area contributed by atoms with Crippen LogP contribution in [-0.4, -0.2) is 40.9 Å². The number of carbonyl (C=O) groups excluding carboxylic acids is 1. The summed E-state index contributed by atoms with van der Waals surface area (Å²) in [5.74, 6) is -0.0508. The number of fused-ring (bicyclic) bond motifs is 1. The normalized spacial score (nSPS) is 12.4. The summed E-state index contributed by atoms with van der Waals surface area (Å²) in [5.41, 5.74) is 4.69. The van der Waals surface area contributed by atoms with Crippen molar-refractivity contribution in [2.45, 2.75) is 19.4 Å². The summed E-state index contributed by atoms with van der Waals surface area (Å²) in [7, 11) is 1.86. The molecule has 0 spiro atoms. The van der Waals surface area contributed by atoms with Crippen molar-refractivity contribution in [1.82, 2.24) is 15.4 Å². The van der Waals surface area contributed by atoms with Crippen molar-refractivity contribution in [2.24, 2.45) is 0 Å². The van der Waals surface area contributed by atoms with Crippen LogP contribution in [-0.2, 0) is 4.79 Å². The molecule has 0 saturated heterocycles. The summed E-state index contributed by atoms with van der Waals surface area (Å²) in [6.45, 7) is 2.87. The van der Waals surface area contributed by atoms with E-state index < -0.39 is 0 Å². The van der Waals surface area contributed by atoms with Crippen LogP contribution in [0.25, 0.3) is 10.9 Å². The molecule has 1 aromatic heterocycles. The SMILES string of the molecule is CC(CCN(C)NC(=O)CBr)Nc1ccnc2cc(Cl)ccc12. The first-order valence-corrected chi connectivity index (χ1v) is 8.87. The summed E-state index contributed by atoms with van der Waals surface area (Å²) in [6, 6.07) is 7.91. The number of rotatable bonds is 7. The second kappa shape index (κ2) is 8.47. The Morgan fingerprint density at radius 2 is 2.22 bits per heavy atom. The minimum atomic E-state index is -0.0508. The van der Waals surface area contributed by atoms with E-state index in [4.69, 9.17) is 11.6 Å². The molecule has 0 aliphatic rings. The topological polar surface area (TPSA) is 57.3 Å². The van der Waals surface area contributed by atoms with Crippen molar-refractivity contribution in [2.75, 3.05) is 24.2 Å². The minimum absolute atomic E-state index is 0.0508. The average molecular weight is 400 g/mol. The first-order chi connectivity index (χ1) is 11.0. The van der Waals surface area contributed by atoms with Crippen LogP contribution in [0.1, 0.15) is 13.3 Å². The molecule has 1 amide bonds. The summed E-state index contributed by atoms with van der Waals surface area (Å²) >= 11 is 9.14. The fourth-order valence-corrected chi connectivity index (χ4v) is 2.56. The lowest BCUT2D eigenvalue weighted by Crippen LogP contribution is -2.41. The molecular weight excluding hydrogens is 380 g/mol. The molecule has 23 heavy (non-hydrogen) atoms. The zero-order valence-corrected chi connectivity index (χ0v) is 15.5. The number of hydrogen-bond acceptors (Lipinski definition) is 4. The molecule has 1 aromatic carbocycles. The summed E-state index contributed by atoms with van der Waals surface area (Å²) < 4.78 is 0. The van der Waals surface area contributed by atoms with Gasteiger partial charge in [-0.2, -0.15) is 0 Å². The maximum atomic E-state index is 11.3. The van der Waals surface area contributed by atoms with Gasteiger partial charge < -0.3 is 5.32 Å². The lowest BCUT2D eigenvalue weighted by molar-refractivity contribution is -0.122. The van der Waals surface area contributed by atoms with Gasteiger partial charge in [0.15, 0.2) is 0 Å². The standard InChI is InChI=1S/C16H20BrClN4O/c1-11(6-8-22(2)21-16(23)10-17)20-14-5-7-19-15-9-12(18)3-4-13(14)15/h3-5,7,9,11H,6,8,10H2,1-2H3,(H,19,20)(H,21,23). The van der Waals surface area contributed by atoms with Crippen molar-refractivity contribution >= 4 is 50.0 Å². The van der Waals surface area contributed by atoms with Crippen LogP contribution in [0.3, 0.4) is 0 Å². The number of nitrogens with zero attached hydrogens (tertiary/aromatic N) is 2. The Labute approximate surface area is 149 Å². The van der Waals surface area contributed by atoms with E-state index in [9.17, 15) is 4.79 Å². The molecule has 5 nitrogen and oxygen atoms in total. The predicted octanol–water partition coefficient (Wildman–Crippen LogP) is 3.44. The Morgan fingerprint density at radius 3 is 2.96 bits per heavy atom. The average Bonchev–Trinajstić information content (AvgIpc) is 2.52. The number of pyridine rings is 1. The van der Waals surface area contributed by atoms with Crippen LogP contribution in [0, 0.1) is 0 Å². The molecule has 2 aromatic rings. The smallest absolute Gasteiger partial charge is 0.244 e. The van der Waals surface area contributed by atoms with E-state index in [0.29, 0.717) is 10.4 Å². The zero-order chi connectivity index (χ0) is 16.8. The Morgan fingerprint density at radius 1 is 1.43 bits per heavy atom. The van der Waals surface area contributed by atoms with Gasteiger partial charge in [0.05, 0.1) is 10.8 Å². The van der Waals surface area contributed by atoms with Crippen molar-refractivity contribution in [1.29, 1.82) is 0 Å². The Hall–Kier alpha value is -1.37. The van der Waals surface area contributed by atoms with Crippen LogP contribution in [0.5, 0.6) is 0 Å². The number of amides is 1. The Kier molecular flexibility index (Phi) is 6.62. The third-order valence-electron chi connectivity index (χ3n) is 3.44. The van der Waals surface area contributed by atoms with E-state index in [1.54, 1.807) is 11.2 Å². The molecule has 0 bridgehead atoms. The molecule has 2 rings (SSSR count). The van der Waals surface area contributed by atoms with Crippen LogP contribution >= 0.6 is 27.5 Å². The first kappa shape index (κ1) is 18.0. The number of nitrogens with one attached hydrogen (secondary N) is 2. The number of hydrogen-bond donors (Lipinski definition) is 2. The Balaban J connectivity index is 1.95. The fraction of sp³-hybridized carbons (Fsp3) is 0.375. The molecule has 0 aliphatic heterocycles. The largest absolute Gasteiger partial charge is 0.382 e. The van der Waals surface area contributed by atoms with E-state index in [1.807, 2.05) is 31.3 Å². The van der Waals surface area contributed by atoms with E-state index in [0.717, 1.165) is 29.6 Å². The van der Waals surface area contributed by atoms with Gasteiger partial charge in [0.2, 0.25) is 5.91 Å². The van der Waals surface area contributed by atoms with Gasteiger partial charge in [-0.15, -0.1) is 0 Å². The summed E-state index contributed by atoms with van der Waals surface area (Å²) in [5, 5.41) is 7.32. The molecule has 1 atom stereocenters. The molecule has 0 radical (unpaired) electrons. The predicted molar refractivity (Wildman–Crippen MR) is 99.0 cm³/mol. The minimum Gasteiger partial charge on any atom is -0.382 e. The Bertz CT molecular complexity index is 682. The highest BCUT2D eigenvalue weighted by atomic mass is 79.9. The molecule has 1 unspecified atom stereocenters. The second-order valence-electron chi connectivity index (χ2n) is 5.44. The third kappa shape index (κ3) is 5.34. The van der Waals surface area contributed by atoms with E-state index in [-0.39, 0.29) is 11.9 Å². The van der Waals surface area contributed by atoms with E-state index >= 15 is 0 Å². The van der Waals surface area contributed by atoms with Gasteiger partial charge in [-0.05, 0) is 37.6 Å². The summed E-state index contributed by atoms with van der Waals surface area (Å²) in [6.07, 6.45) is 2.66. The van der Waals surface area contributed by atoms with Crippen molar-refractivity contribution < 1.29 is 4.79 Å². The van der Waals surface area contributed by atoms with Crippen LogP contribution in [0.15, 0.2) is 30.5 Å². The first-order valence-electron chi connectivity index (χ1n) is 7.37. The lowest BCUT2D eigenvalue weighted by Gasteiger charge is -2.21. The number of aromatic nitrogens is 1. The van der Waals surface area contributed by atoms with Crippen molar-refractivity contribution in [3.8, 4) is 0 Å². The molecule has 7 heteroatoms. The lowest BCUT2D eigenvalue weighted by atomic mass is 10.1. The maximum absolute atomic E-state index is 11.3. The number of carbonyl (C=O) groups is 1.